The molecule has 0 heterocycles. The van der Waals surface area contributed by atoms with E-state index in [4.69, 9.17) is 20.4 Å². The largest absolute Gasteiger partial charge is 0.872 e. The van der Waals surface area contributed by atoms with Gasteiger partial charge in [-0.15, -0.1) is 5.75 Å². The van der Waals surface area contributed by atoms with Crippen LogP contribution in [0.4, 0.5) is 0 Å². The molecule has 0 saturated heterocycles. The summed E-state index contributed by atoms with van der Waals surface area (Å²) < 4.78 is 0. The van der Waals surface area contributed by atoms with Crippen molar-refractivity contribution in [2.24, 2.45) is 0 Å². The van der Waals surface area contributed by atoms with E-state index in [0.717, 1.165) is 51.4 Å². The highest BCUT2D eigenvalue weighted by molar-refractivity contribution is 7.75. The molecule has 0 atom stereocenters. The van der Waals surface area contributed by atoms with Gasteiger partial charge in [-0.3, -0.25) is 0 Å². The van der Waals surface area contributed by atoms with E-state index in [2.05, 4.69) is 0 Å². The molecule has 4 N–H and O–H groups in total. The minimum atomic E-state index is -1.06. The van der Waals surface area contributed by atoms with Crippen LogP contribution in [0.25, 0.3) is 0 Å². The average Bonchev–Trinajstić information content (AvgIpc) is 2.70. The molecule has 0 aliphatic rings. The molecule has 0 unspecified atom stereocenters. The second-order valence-electron chi connectivity index (χ2n) is 7.27. The van der Waals surface area contributed by atoms with Crippen molar-refractivity contribution < 1.29 is 25.5 Å². The van der Waals surface area contributed by atoms with E-state index < -0.39 is 7.26 Å². The number of rotatable bonds is 16. The number of aliphatic hydroxyl groups is 4. The Balaban J connectivity index is 0.000000861. The van der Waals surface area contributed by atoms with Crippen molar-refractivity contribution in [3.63, 3.8) is 0 Å². The van der Waals surface area contributed by atoms with Crippen LogP contribution in [0.1, 0.15) is 51.4 Å². The molecule has 164 valence electrons. The number of para-hydroxylation sites is 1. The maximum Gasteiger partial charge on any atom is 0.0595 e. The van der Waals surface area contributed by atoms with Gasteiger partial charge in [0.1, 0.15) is 0 Å². The van der Waals surface area contributed by atoms with Gasteiger partial charge in [-0.1, -0.05) is 30.3 Å². The zero-order valence-electron chi connectivity index (χ0n) is 17.3. The van der Waals surface area contributed by atoms with Gasteiger partial charge in [0, 0.05) is 33.7 Å². The molecular formula is C22H41O5P. The van der Waals surface area contributed by atoms with Crippen molar-refractivity contribution in [2.75, 3.05) is 51.1 Å². The number of unbranched alkanes of at least 4 members (excludes halogenated alkanes) is 4. The Hall–Kier alpha value is -0.710. The zero-order chi connectivity index (χ0) is 20.9. The van der Waals surface area contributed by atoms with E-state index in [1.165, 1.54) is 36.8 Å². The van der Waals surface area contributed by atoms with Crippen LogP contribution in [0.5, 0.6) is 5.75 Å². The summed E-state index contributed by atoms with van der Waals surface area (Å²) in [5.74, 6) is 0.0718. The topological polar surface area (TPSA) is 104 Å². The predicted octanol–water partition coefficient (Wildman–Crippen LogP) is 2.85. The van der Waals surface area contributed by atoms with Crippen molar-refractivity contribution in [3.8, 4) is 5.75 Å². The molecule has 1 aromatic carbocycles. The summed E-state index contributed by atoms with van der Waals surface area (Å²) in [6.07, 6.45) is 12.7. The first kappa shape index (κ1) is 27.3. The second-order valence-corrected chi connectivity index (χ2v) is 11.7. The van der Waals surface area contributed by atoms with Crippen LogP contribution >= 0.6 is 7.26 Å². The molecule has 0 aliphatic carbocycles. The molecule has 0 fully saturated rings. The number of hydrogen-bond acceptors (Lipinski definition) is 5. The Morgan fingerprint density at radius 2 is 0.857 bits per heavy atom. The number of hydrogen-bond donors (Lipinski definition) is 4. The lowest BCUT2D eigenvalue weighted by atomic mass is 10.3. The molecule has 1 rings (SSSR count). The van der Waals surface area contributed by atoms with Crippen molar-refractivity contribution in [3.05, 3.63) is 30.3 Å². The molecule has 0 aliphatic heterocycles. The fourth-order valence-electron chi connectivity index (χ4n) is 3.33. The highest BCUT2D eigenvalue weighted by Gasteiger charge is 2.34. The van der Waals surface area contributed by atoms with Crippen LogP contribution < -0.4 is 5.11 Å². The van der Waals surface area contributed by atoms with Crippen LogP contribution in [0.15, 0.2) is 30.3 Å². The van der Waals surface area contributed by atoms with Gasteiger partial charge in [-0.25, -0.2) is 0 Å². The summed E-state index contributed by atoms with van der Waals surface area (Å²) >= 11 is 0. The lowest BCUT2D eigenvalue weighted by Crippen LogP contribution is -2.14. The van der Waals surface area contributed by atoms with Crippen molar-refractivity contribution in [1.82, 2.24) is 0 Å². The van der Waals surface area contributed by atoms with Crippen molar-refractivity contribution in [2.45, 2.75) is 51.4 Å². The van der Waals surface area contributed by atoms with Gasteiger partial charge in [-0.05, 0) is 51.4 Å². The molecule has 1 aromatic rings. The summed E-state index contributed by atoms with van der Waals surface area (Å²) in [6, 6.07) is 8.33. The highest BCUT2D eigenvalue weighted by atomic mass is 31.2. The SMILES string of the molecule is OCCCC[P+](CCCCO)(CCCCO)CCCCO.[O-]c1ccccc1. The molecule has 28 heavy (non-hydrogen) atoms. The summed E-state index contributed by atoms with van der Waals surface area (Å²) in [7, 11) is -1.06. The van der Waals surface area contributed by atoms with Gasteiger partial charge in [0.2, 0.25) is 0 Å². The van der Waals surface area contributed by atoms with Crippen LogP contribution in [0, 0.1) is 0 Å². The molecule has 0 saturated carbocycles. The quantitative estimate of drug-likeness (QED) is 0.245. The van der Waals surface area contributed by atoms with E-state index in [1.807, 2.05) is 6.07 Å². The van der Waals surface area contributed by atoms with E-state index in [1.54, 1.807) is 12.1 Å². The highest BCUT2D eigenvalue weighted by Crippen LogP contribution is 2.61. The maximum atomic E-state index is 10.3. The van der Waals surface area contributed by atoms with Gasteiger partial charge >= 0.3 is 0 Å². The van der Waals surface area contributed by atoms with Gasteiger partial charge in [-0.2, -0.15) is 0 Å². The van der Waals surface area contributed by atoms with Crippen molar-refractivity contribution in [1.29, 1.82) is 0 Å². The van der Waals surface area contributed by atoms with Crippen LogP contribution in [0.3, 0.4) is 0 Å². The Bertz CT molecular complexity index is 385. The third-order valence-corrected chi connectivity index (χ3v) is 9.97. The molecule has 0 amide bonds. The third kappa shape index (κ3) is 15.2. The summed E-state index contributed by atoms with van der Waals surface area (Å²) in [4.78, 5) is 0. The second kappa shape index (κ2) is 19.6. The first-order valence-corrected chi connectivity index (χ1v) is 13.2. The van der Waals surface area contributed by atoms with Crippen LogP contribution in [-0.4, -0.2) is 71.5 Å². The lowest BCUT2D eigenvalue weighted by Gasteiger charge is -2.28. The van der Waals surface area contributed by atoms with E-state index in [9.17, 15) is 5.11 Å². The lowest BCUT2D eigenvalue weighted by molar-refractivity contribution is -0.268. The molecule has 0 aromatic heterocycles. The van der Waals surface area contributed by atoms with Crippen molar-refractivity contribution >= 4 is 7.26 Å². The van der Waals surface area contributed by atoms with E-state index in [-0.39, 0.29) is 32.2 Å². The molecule has 0 radical (unpaired) electrons. The molecule has 0 bridgehead atoms. The average molecular weight is 417 g/mol. The minimum Gasteiger partial charge on any atom is -0.872 e. The standard InChI is InChI=1S/C16H36O4P.C6H6O/c17-9-1-5-13-21(14-6-2-10-18,15-7-3-11-19)16-8-4-12-20;7-6-4-2-1-3-5-6/h17-20H,1-16H2;1-5,7H/q+1;/p-1. The maximum absolute atomic E-state index is 10.3. The fraction of sp³-hybridized carbons (Fsp3) is 0.727. The number of aliphatic hydroxyl groups excluding tert-OH is 4. The van der Waals surface area contributed by atoms with Crippen LogP contribution in [-0.2, 0) is 0 Å². The summed E-state index contributed by atoms with van der Waals surface area (Å²) in [5, 5.41) is 46.3. The third-order valence-electron chi connectivity index (χ3n) is 4.91. The Morgan fingerprint density at radius 3 is 1.07 bits per heavy atom. The molecule has 6 heteroatoms. The van der Waals surface area contributed by atoms with Crippen LogP contribution in [0.2, 0.25) is 0 Å². The zero-order valence-corrected chi connectivity index (χ0v) is 18.2. The first-order valence-electron chi connectivity index (χ1n) is 10.6. The van der Waals surface area contributed by atoms with E-state index in [0.29, 0.717) is 0 Å². The summed E-state index contributed by atoms with van der Waals surface area (Å²) in [6.45, 7) is 1.07. The molecule has 5 nitrogen and oxygen atoms in total. The molecular weight excluding hydrogens is 375 g/mol. The fourth-order valence-corrected chi connectivity index (χ4v) is 8.25. The smallest absolute Gasteiger partial charge is 0.0595 e. The van der Waals surface area contributed by atoms with Gasteiger partial charge in [0.05, 0.1) is 24.6 Å². The monoisotopic (exact) mass is 416 g/mol. The van der Waals surface area contributed by atoms with E-state index >= 15 is 0 Å². The Labute approximate surface area is 171 Å². The van der Waals surface area contributed by atoms with Gasteiger partial charge < -0.3 is 25.5 Å². The Morgan fingerprint density at radius 1 is 0.536 bits per heavy atom. The predicted molar refractivity (Wildman–Crippen MR) is 118 cm³/mol. The molecule has 0 spiro atoms. The van der Waals surface area contributed by atoms with Gasteiger partial charge in [0.15, 0.2) is 0 Å². The Kier molecular flexibility index (Phi) is 19.1. The number of benzene rings is 1. The first-order chi connectivity index (χ1) is 13.6. The van der Waals surface area contributed by atoms with Gasteiger partial charge in [0.25, 0.3) is 0 Å². The minimum absolute atomic E-state index is 0.0718. The normalized spacial score (nSPS) is 11.1. The summed E-state index contributed by atoms with van der Waals surface area (Å²) in [5.41, 5.74) is 0.